The number of nitrogens with one attached hydrogen (secondary N) is 1. The largest absolute Gasteiger partial charge is 0.369 e. The van der Waals surface area contributed by atoms with Crippen LogP contribution in [0, 0.1) is 11.3 Å². The summed E-state index contributed by atoms with van der Waals surface area (Å²) in [7, 11) is 2.16. The summed E-state index contributed by atoms with van der Waals surface area (Å²) < 4.78 is 0. The molecule has 162 valence electrons. The molecule has 1 aliphatic rings. The minimum atomic E-state index is -0.233. The van der Waals surface area contributed by atoms with Crippen LogP contribution >= 0.6 is 0 Å². The smallest absolute Gasteiger partial charge is 0.110 e. The van der Waals surface area contributed by atoms with Crippen LogP contribution in [0.2, 0.25) is 0 Å². The normalized spacial score (nSPS) is 23.2. The first-order chi connectivity index (χ1) is 15.5. The number of H-pyrrole nitrogens is 1. The van der Waals surface area contributed by atoms with Crippen molar-refractivity contribution in [3.05, 3.63) is 113 Å². The Morgan fingerprint density at radius 2 is 1.94 bits per heavy atom. The molecule has 3 unspecified atom stereocenters. The van der Waals surface area contributed by atoms with Crippen LogP contribution in [0.4, 0.5) is 0 Å². The monoisotopic (exact) mass is 422 g/mol. The fourth-order valence-electron chi connectivity index (χ4n) is 5.11. The molecule has 4 rings (SSSR count). The molecule has 1 aromatic heterocycles. The fraction of sp³-hybridized carbons (Fsp3) is 0.286. The van der Waals surface area contributed by atoms with Gasteiger partial charge in [0.2, 0.25) is 0 Å². The van der Waals surface area contributed by atoms with Gasteiger partial charge in [0.1, 0.15) is 5.82 Å². The first kappa shape index (κ1) is 21.6. The second-order valence-electron chi connectivity index (χ2n) is 8.75. The number of imidazole rings is 1. The highest BCUT2D eigenvalue weighted by molar-refractivity contribution is 5.48. The maximum atomic E-state index is 9.81. The van der Waals surface area contributed by atoms with Crippen LogP contribution in [0.3, 0.4) is 0 Å². The number of likely N-dealkylation sites (N-methyl/N-ethyl adjacent to an activating group) is 1. The van der Waals surface area contributed by atoms with Crippen molar-refractivity contribution in [3.63, 3.8) is 0 Å². The van der Waals surface area contributed by atoms with Crippen molar-refractivity contribution in [2.75, 3.05) is 7.05 Å². The topological polar surface area (TPSA) is 55.7 Å². The molecular formula is C28H30N4. The summed E-state index contributed by atoms with van der Waals surface area (Å²) in [5.41, 5.74) is 5.30. The Hall–Kier alpha value is -3.58. The molecule has 0 saturated carbocycles. The van der Waals surface area contributed by atoms with Crippen molar-refractivity contribution >= 4 is 0 Å². The van der Waals surface area contributed by atoms with Gasteiger partial charge in [0.25, 0.3) is 0 Å². The first-order valence-corrected chi connectivity index (χ1v) is 11.1. The highest BCUT2D eigenvalue weighted by atomic mass is 15.2. The lowest BCUT2D eigenvalue weighted by molar-refractivity contribution is 0.169. The number of hydrogen-bond acceptors (Lipinski definition) is 3. The molecule has 4 heteroatoms. The Bertz CT molecular complexity index is 1160. The van der Waals surface area contributed by atoms with Crippen LogP contribution in [-0.2, 0) is 6.42 Å². The number of nitriles is 1. The third-order valence-corrected chi connectivity index (χ3v) is 6.87. The molecule has 1 aliphatic heterocycles. The second-order valence-corrected chi connectivity index (χ2v) is 8.75. The average Bonchev–Trinajstić information content (AvgIpc) is 3.31. The van der Waals surface area contributed by atoms with Gasteiger partial charge in [-0.3, -0.25) is 0 Å². The maximum absolute atomic E-state index is 9.81. The molecule has 2 heterocycles. The van der Waals surface area contributed by atoms with Crippen LogP contribution in [0.5, 0.6) is 0 Å². The number of nitrogens with zero attached hydrogens (tertiary/aromatic N) is 3. The Morgan fingerprint density at radius 3 is 2.59 bits per heavy atom. The summed E-state index contributed by atoms with van der Waals surface area (Å²) in [6.07, 6.45) is 11.2. The lowest BCUT2D eigenvalue weighted by atomic mass is 9.66. The van der Waals surface area contributed by atoms with Crippen molar-refractivity contribution in [2.24, 2.45) is 0 Å². The van der Waals surface area contributed by atoms with Gasteiger partial charge in [-0.05, 0) is 43.5 Å². The molecular weight excluding hydrogens is 392 g/mol. The molecule has 0 spiro atoms. The van der Waals surface area contributed by atoms with Gasteiger partial charge in [0.05, 0.1) is 17.2 Å². The van der Waals surface area contributed by atoms with Crippen molar-refractivity contribution in [1.29, 1.82) is 5.26 Å². The SMILES string of the molecule is CC=CC1(C)C(c2ccc(Cc3ncc[nH]3)cc2)C(c2ccccc2C#N)C=C(C)N1C. The van der Waals surface area contributed by atoms with E-state index in [-0.39, 0.29) is 17.4 Å². The molecule has 3 atom stereocenters. The second kappa shape index (κ2) is 8.88. The standard InChI is InChI=1S/C28H30N4/c1-5-14-28(3)27(22-12-10-21(11-13-22)18-26-30-15-16-31-26)25(17-20(2)32(28)4)24-9-7-6-8-23(24)19-29/h5-17,25,27H,18H2,1-4H3,(H,30,31). The van der Waals surface area contributed by atoms with Crippen LogP contribution in [0.1, 0.15) is 60.7 Å². The highest BCUT2D eigenvalue weighted by Gasteiger charge is 2.45. The van der Waals surface area contributed by atoms with Crippen molar-refractivity contribution < 1.29 is 0 Å². The number of aromatic amines is 1. The van der Waals surface area contributed by atoms with Gasteiger partial charge < -0.3 is 9.88 Å². The van der Waals surface area contributed by atoms with E-state index in [4.69, 9.17) is 0 Å². The zero-order chi connectivity index (χ0) is 22.7. The summed E-state index contributed by atoms with van der Waals surface area (Å²) in [5, 5.41) is 9.81. The van der Waals surface area contributed by atoms with E-state index in [9.17, 15) is 5.26 Å². The van der Waals surface area contributed by atoms with E-state index >= 15 is 0 Å². The predicted molar refractivity (Wildman–Crippen MR) is 129 cm³/mol. The lowest BCUT2D eigenvalue weighted by Crippen LogP contribution is -2.50. The van der Waals surface area contributed by atoms with Gasteiger partial charge in [-0.25, -0.2) is 4.98 Å². The summed E-state index contributed by atoms with van der Waals surface area (Å²) in [6.45, 7) is 6.54. The first-order valence-electron chi connectivity index (χ1n) is 11.1. The van der Waals surface area contributed by atoms with E-state index in [1.165, 1.54) is 16.8 Å². The Kier molecular flexibility index (Phi) is 6.01. The van der Waals surface area contributed by atoms with Crippen LogP contribution in [0.15, 0.2) is 84.8 Å². The van der Waals surface area contributed by atoms with E-state index in [1.807, 2.05) is 24.4 Å². The van der Waals surface area contributed by atoms with Gasteiger partial charge in [-0.15, -0.1) is 0 Å². The molecule has 1 N–H and O–H groups in total. The van der Waals surface area contributed by atoms with Gasteiger partial charge >= 0.3 is 0 Å². The molecule has 32 heavy (non-hydrogen) atoms. The van der Waals surface area contributed by atoms with Gasteiger partial charge in [-0.2, -0.15) is 5.26 Å². The minimum Gasteiger partial charge on any atom is -0.369 e. The number of rotatable bonds is 5. The molecule has 0 amide bonds. The molecule has 0 fully saturated rings. The summed E-state index contributed by atoms with van der Waals surface area (Å²) in [4.78, 5) is 9.89. The van der Waals surface area contributed by atoms with Crippen molar-refractivity contribution in [1.82, 2.24) is 14.9 Å². The van der Waals surface area contributed by atoms with Gasteiger partial charge in [-0.1, -0.05) is 60.7 Å². The fourth-order valence-corrected chi connectivity index (χ4v) is 5.11. The molecule has 2 aromatic carbocycles. The zero-order valence-electron chi connectivity index (χ0n) is 19.2. The van der Waals surface area contributed by atoms with E-state index in [2.05, 4.69) is 97.3 Å². The molecule has 4 nitrogen and oxygen atoms in total. The Balaban J connectivity index is 1.82. The predicted octanol–water partition coefficient (Wildman–Crippen LogP) is 5.92. The molecule has 0 radical (unpaired) electrons. The van der Waals surface area contributed by atoms with Crippen LogP contribution in [0.25, 0.3) is 0 Å². The highest BCUT2D eigenvalue weighted by Crippen LogP contribution is 2.50. The molecule has 0 aliphatic carbocycles. The quantitative estimate of drug-likeness (QED) is 0.519. The Labute approximate surface area is 190 Å². The van der Waals surface area contributed by atoms with Crippen LogP contribution < -0.4 is 0 Å². The van der Waals surface area contributed by atoms with Crippen LogP contribution in [-0.4, -0.2) is 27.5 Å². The lowest BCUT2D eigenvalue weighted by Gasteiger charge is -2.51. The van der Waals surface area contributed by atoms with E-state index in [0.29, 0.717) is 0 Å². The number of hydrogen-bond donors (Lipinski definition) is 1. The maximum Gasteiger partial charge on any atom is 0.110 e. The van der Waals surface area contributed by atoms with Crippen molar-refractivity contribution in [3.8, 4) is 6.07 Å². The van der Waals surface area contributed by atoms with E-state index in [1.54, 1.807) is 6.20 Å². The molecule has 0 saturated heterocycles. The zero-order valence-corrected chi connectivity index (χ0v) is 19.2. The van der Waals surface area contributed by atoms with E-state index < -0.39 is 0 Å². The Morgan fingerprint density at radius 1 is 1.19 bits per heavy atom. The summed E-state index contributed by atoms with van der Waals surface area (Å²) in [5.74, 6) is 1.21. The van der Waals surface area contributed by atoms with Gasteiger partial charge in [0.15, 0.2) is 0 Å². The average molecular weight is 423 g/mol. The third-order valence-electron chi connectivity index (χ3n) is 6.87. The number of aromatic nitrogens is 2. The number of benzene rings is 2. The van der Waals surface area contributed by atoms with Crippen molar-refractivity contribution in [2.45, 2.75) is 44.6 Å². The molecule has 3 aromatic rings. The van der Waals surface area contributed by atoms with Gasteiger partial charge in [0, 0.05) is 43.4 Å². The van der Waals surface area contributed by atoms with E-state index in [0.717, 1.165) is 23.4 Å². The third kappa shape index (κ3) is 3.87. The molecule has 0 bridgehead atoms. The summed E-state index contributed by atoms with van der Waals surface area (Å²) in [6, 6.07) is 19.3. The summed E-state index contributed by atoms with van der Waals surface area (Å²) >= 11 is 0. The minimum absolute atomic E-state index is 0.0965. The number of allylic oxidation sites excluding steroid dienone is 3.